The van der Waals surface area contributed by atoms with E-state index < -0.39 is 5.79 Å². The van der Waals surface area contributed by atoms with Crippen molar-refractivity contribution in [1.82, 2.24) is 0 Å². The second-order valence-corrected chi connectivity index (χ2v) is 9.16. The summed E-state index contributed by atoms with van der Waals surface area (Å²) in [6, 6.07) is 0. The third kappa shape index (κ3) is 2.23. The largest absolute Gasteiger partial charge is 0.347 e. The van der Waals surface area contributed by atoms with E-state index in [0.717, 1.165) is 44.8 Å². The molecule has 0 amide bonds. The Morgan fingerprint density at radius 2 is 1.88 bits per heavy atom. The molecule has 3 aliphatic carbocycles. The molecule has 0 aromatic carbocycles. The molecule has 4 rings (SSSR count). The third-order valence-electron chi connectivity index (χ3n) is 7.87. The Labute approximate surface area is 151 Å². The van der Waals surface area contributed by atoms with Gasteiger partial charge in [-0.2, -0.15) is 0 Å². The van der Waals surface area contributed by atoms with Crippen LogP contribution in [0.15, 0.2) is 11.6 Å². The van der Waals surface area contributed by atoms with Gasteiger partial charge in [0, 0.05) is 11.8 Å². The Hall–Kier alpha value is -1.11. The van der Waals surface area contributed by atoms with Crippen molar-refractivity contribution in [2.24, 2.45) is 22.2 Å². The Bertz CT molecular complexity index is 658. The number of ether oxygens (including phenoxy) is 2. The first-order valence-electron chi connectivity index (χ1n) is 9.86. The first kappa shape index (κ1) is 17.3. The number of fused-ring (bicyclic) bond motifs is 3. The normalized spacial score (nSPS) is 41.1. The fourth-order valence-electron chi connectivity index (χ4n) is 6.73. The summed E-state index contributed by atoms with van der Waals surface area (Å²) in [6.07, 6.45) is 10.8. The number of carbonyl (C=O) groups is 1. The van der Waals surface area contributed by atoms with Crippen LogP contribution in [0.1, 0.15) is 65.7 Å². The molecule has 1 saturated heterocycles. The molecule has 25 heavy (non-hydrogen) atoms. The van der Waals surface area contributed by atoms with E-state index >= 15 is 0 Å². The molecule has 0 aromatic heterocycles. The molecule has 0 bridgehead atoms. The van der Waals surface area contributed by atoms with E-state index in [1.807, 2.05) is 0 Å². The van der Waals surface area contributed by atoms with Crippen LogP contribution < -0.4 is 0 Å². The number of carbonyl (C=O) groups excluding carboxylic acids is 1. The highest BCUT2D eigenvalue weighted by Gasteiger charge is 2.65. The van der Waals surface area contributed by atoms with Gasteiger partial charge < -0.3 is 9.47 Å². The quantitative estimate of drug-likeness (QED) is 0.375. The van der Waals surface area contributed by atoms with E-state index in [1.54, 1.807) is 0 Å². The van der Waals surface area contributed by atoms with Gasteiger partial charge in [0.15, 0.2) is 12.1 Å². The monoisotopic (exact) mass is 342 g/mol. The van der Waals surface area contributed by atoms with Crippen LogP contribution in [-0.2, 0) is 14.3 Å². The molecule has 3 atom stereocenters. The van der Waals surface area contributed by atoms with E-state index in [2.05, 4.69) is 38.7 Å². The zero-order chi connectivity index (χ0) is 17.8. The van der Waals surface area contributed by atoms with Crippen molar-refractivity contribution in [2.45, 2.75) is 71.5 Å². The van der Waals surface area contributed by atoms with Gasteiger partial charge in [0.1, 0.15) is 0 Å². The molecule has 4 aliphatic rings. The van der Waals surface area contributed by atoms with Gasteiger partial charge >= 0.3 is 0 Å². The fourth-order valence-corrected chi connectivity index (χ4v) is 6.73. The summed E-state index contributed by atoms with van der Waals surface area (Å²) in [7, 11) is 0. The van der Waals surface area contributed by atoms with Gasteiger partial charge in [0.05, 0.1) is 18.6 Å². The van der Waals surface area contributed by atoms with E-state index in [4.69, 9.17) is 9.47 Å². The van der Waals surface area contributed by atoms with Crippen LogP contribution in [0.4, 0.5) is 0 Å². The van der Waals surface area contributed by atoms with E-state index in [0.29, 0.717) is 19.1 Å². The van der Waals surface area contributed by atoms with Crippen molar-refractivity contribution in [2.75, 3.05) is 13.2 Å². The highest BCUT2D eigenvalue weighted by atomic mass is 16.7. The maximum Gasteiger partial charge on any atom is 0.192 e. The minimum atomic E-state index is -0.416. The zero-order valence-electron chi connectivity index (χ0n) is 15.8. The molecule has 1 unspecified atom stereocenters. The molecule has 3 fully saturated rings. The Morgan fingerprint density at radius 3 is 2.60 bits per heavy atom. The average Bonchev–Trinajstić information content (AvgIpc) is 3.08. The summed E-state index contributed by atoms with van der Waals surface area (Å²) in [5.74, 6) is 6.25. The fraction of sp³-hybridized carbons (Fsp3) is 0.773. The van der Waals surface area contributed by atoms with Crippen molar-refractivity contribution in [3.63, 3.8) is 0 Å². The van der Waals surface area contributed by atoms with Gasteiger partial charge in [-0.25, -0.2) is 0 Å². The van der Waals surface area contributed by atoms with Gasteiger partial charge in [-0.3, -0.25) is 4.79 Å². The molecular formula is C22H30O3. The molecule has 1 spiro atoms. The van der Waals surface area contributed by atoms with Crippen molar-refractivity contribution in [3.8, 4) is 11.8 Å². The van der Waals surface area contributed by atoms with Crippen LogP contribution in [0.5, 0.6) is 0 Å². The highest BCUT2D eigenvalue weighted by molar-refractivity contribution is 5.73. The first-order chi connectivity index (χ1) is 11.9. The molecule has 0 N–H and O–H groups in total. The topological polar surface area (TPSA) is 35.5 Å². The number of hydrogen-bond donors (Lipinski definition) is 0. The lowest BCUT2D eigenvalue weighted by molar-refractivity contribution is -0.284. The number of allylic oxidation sites excluding steroid dienone is 2. The second-order valence-electron chi connectivity index (χ2n) is 9.16. The smallest absolute Gasteiger partial charge is 0.192 e. The van der Waals surface area contributed by atoms with Crippen molar-refractivity contribution in [3.05, 3.63) is 11.6 Å². The Morgan fingerprint density at radius 1 is 1.12 bits per heavy atom. The van der Waals surface area contributed by atoms with E-state index in [-0.39, 0.29) is 16.2 Å². The maximum atomic E-state index is 10.9. The van der Waals surface area contributed by atoms with E-state index in [1.165, 1.54) is 12.0 Å². The first-order valence-corrected chi connectivity index (χ1v) is 9.86. The average molecular weight is 342 g/mol. The minimum absolute atomic E-state index is 0.0287. The third-order valence-corrected chi connectivity index (χ3v) is 7.87. The molecule has 0 radical (unpaired) electrons. The number of aldehydes is 1. The number of hydrogen-bond acceptors (Lipinski definition) is 3. The molecule has 136 valence electrons. The van der Waals surface area contributed by atoms with Crippen molar-refractivity contribution >= 4 is 6.29 Å². The summed E-state index contributed by atoms with van der Waals surface area (Å²) < 4.78 is 12.4. The van der Waals surface area contributed by atoms with Crippen LogP contribution in [-0.4, -0.2) is 25.3 Å². The second kappa shape index (κ2) is 5.69. The molecule has 0 aromatic rings. The summed E-state index contributed by atoms with van der Waals surface area (Å²) >= 11 is 0. The lowest BCUT2D eigenvalue weighted by Gasteiger charge is -2.64. The minimum Gasteiger partial charge on any atom is -0.347 e. The Balaban J connectivity index is 1.77. The van der Waals surface area contributed by atoms with Gasteiger partial charge in [-0.05, 0) is 61.4 Å². The van der Waals surface area contributed by atoms with E-state index in [9.17, 15) is 4.79 Å². The maximum absolute atomic E-state index is 10.9. The van der Waals surface area contributed by atoms with Gasteiger partial charge in [0.2, 0.25) is 0 Å². The summed E-state index contributed by atoms with van der Waals surface area (Å²) in [6.45, 7) is 8.55. The predicted octanol–water partition coefficient (Wildman–Crippen LogP) is 4.26. The SMILES string of the molecule is CC1(C)C2CC[C@@]3(C#CC=O)CCCC=C3[C@@]2(C)CCC12OCCO2. The molecule has 2 saturated carbocycles. The summed E-state index contributed by atoms with van der Waals surface area (Å²) in [5, 5.41) is 0. The molecule has 1 heterocycles. The molecule has 3 heteroatoms. The van der Waals surface area contributed by atoms with Crippen LogP contribution in [0.25, 0.3) is 0 Å². The van der Waals surface area contributed by atoms with Crippen LogP contribution >= 0.6 is 0 Å². The van der Waals surface area contributed by atoms with Gasteiger partial charge in [0.25, 0.3) is 0 Å². The Kier molecular flexibility index (Phi) is 3.94. The molecule has 3 nitrogen and oxygen atoms in total. The summed E-state index contributed by atoms with van der Waals surface area (Å²) in [4.78, 5) is 10.9. The highest BCUT2D eigenvalue weighted by Crippen LogP contribution is 2.68. The lowest BCUT2D eigenvalue weighted by Crippen LogP contribution is -2.61. The standard InChI is InChI=1S/C22H30O3/c1-19(2)17-8-11-21(10-6-14-23)9-5-4-7-18(21)20(17,3)12-13-22(19)24-15-16-25-22/h7,14,17H,4-5,8-9,11-13,15-16H2,1-3H3/t17?,20-,21-/m0/s1. The zero-order valence-corrected chi connectivity index (χ0v) is 15.8. The van der Waals surface area contributed by atoms with Gasteiger partial charge in [-0.1, -0.05) is 32.8 Å². The van der Waals surface area contributed by atoms with Crippen molar-refractivity contribution < 1.29 is 14.3 Å². The molecule has 1 aliphatic heterocycles. The van der Waals surface area contributed by atoms with Crippen LogP contribution in [0.2, 0.25) is 0 Å². The molecular weight excluding hydrogens is 312 g/mol. The van der Waals surface area contributed by atoms with Crippen LogP contribution in [0.3, 0.4) is 0 Å². The predicted molar refractivity (Wildman–Crippen MR) is 96.7 cm³/mol. The van der Waals surface area contributed by atoms with Gasteiger partial charge in [-0.15, -0.1) is 0 Å². The summed E-state index contributed by atoms with van der Waals surface area (Å²) in [5.41, 5.74) is 1.53. The lowest BCUT2D eigenvalue weighted by atomic mass is 9.43. The van der Waals surface area contributed by atoms with Crippen LogP contribution in [0, 0.1) is 34.0 Å². The number of rotatable bonds is 0. The van der Waals surface area contributed by atoms with Crippen molar-refractivity contribution in [1.29, 1.82) is 0 Å².